The van der Waals surface area contributed by atoms with Gasteiger partial charge in [-0.25, -0.2) is 0 Å². The van der Waals surface area contributed by atoms with E-state index in [-0.39, 0.29) is 32.6 Å². The molecular weight excluding hydrogens is 465 g/mol. The van der Waals surface area contributed by atoms with E-state index in [2.05, 4.69) is 16.7 Å². The van der Waals surface area contributed by atoms with E-state index >= 15 is 0 Å². The van der Waals surface area contributed by atoms with Crippen LogP contribution in [0.4, 0.5) is 5.69 Å². The molecule has 1 atom stereocenters. The predicted octanol–water partition coefficient (Wildman–Crippen LogP) is 4.49. The molecule has 5 nitrogen and oxygen atoms in total. The number of Topliss-reactive ketones (excluding diaryl/α,β-unsaturated/α-hetero) is 1. The van der Waals surface area contributed by atoms with Gasteiger partial charge in [-0.15, -0.1) is 0 Å². The number of carbonyl (C=O) groups is 2. The van der Waals surface area contributed by atoms with Gasteiger partial charge in [0.15, 0.2) is 0 Å². The zero-order valence-electron chi connectivity index (χ0n) is 18.2. The number of nitrogens with zero attached hydrogens (tertiary/aromatic N) is 1. The van der Waals surface area contributed by atoms with E-state index in [9.17, 15) is 14.9 Å². The van der Waals surface area contributed by atoms with Gasteiger partial charge in [-0.1, -0.05) is 0 Å². The summed E-state index contributed by atoms with van der Waals surface area (Å²) in [5, 5.41) is 16.7. The van der Waals surface area contributed by atoms with E-state index < -0.39 is 0 Å². The molecule has 0 saturated carbocycles. The van der Waals surface area contributed by atoms with Crippen LogP contribution in [0.2, 0.25) is 5.32 Å². The Morgan fingerprint density at radius 3 is 2.41 bits per heavy atom. The van der Waals surface area contributed by atoms with Crippen molar-refractivity contribution in [3.63, 3.8) is 0 Å². The molecule has 1 aliphatic carbocycles. The number of hydrogen-bond donors (Lipinski definition) is 2. The average molecular weight is 490 g/mol. The molecule has 0 aromatic heterocycles. The molecule has 1 heterocycles. The number of rotatable bonds is 5. The number of nitrogens with one attached hydrogen (secondary N) is 2. The van der Waals surface area contributed by atoms with Gasteiger partial charge in [0, 0.05) is 0 Å². The summed E-state index contributed by atoms with van der Waals surface area (Å²) in [5.41, 5.74) is 6.19. The second-order valence-corrected chi connectivity index (χ2v) is 10.3. The van der Waals surface area contributed by atoms with Gasteiger partial charge in [-0.3, -0.25) is 0 Å². The fourth-order valence-electron chi connectivity index (χ4n) is 4.10. The quantitative estimate of drug-likeness (QED) is 0.605. The third kappa shape index (κ3) is 4.70. The summed E-state index contributed by atoms with van der Waals surface area (Å²) < 4.78 is 0.804. The van der Waals surface area contributed by atoms with Gasteiger partial charge in [0.05, 0.1) is 0 Å². The van der Waals surface area contributed by atoms with E-state index in [0.29, 0.717) is 17.3 Å². The molecule has 1 aliphatic heterocycles. The van der Waals surface area contributed by atoms with Gasteiger partial charge in [-0.2, -0.15) is 0 Å². The standard InChI is InChI=1S/C26H25N3O2Se/c1-16-6-10-18(11-7-16)24-20(14-27)26(29-21-4-3-5-22(30)25(21)24)32-15-23(31)28-19-12-8-17(2)9-13-19/h6-13,24,29H,3-5,15H2,1-2H3,(H,28,31). The van der Waals surface area contributed by atoms with Gasteiger partial charge in [0.25, 0.3) is 0 Å². The Kier molecular flexibility index (Phi) is 6.60. The number of allylic oxidation sites excluding steroid dienone is 3. The summed E-state index contributed by atoms with van der Waals surface area (Å²) in [6.45, 7) is 4.02. The Morgan fingerprint density at radius 1 is 1.09 bits per heavy atom. The van der Waals surface area contributed by atoms with Gasteiger partial charge >= 0.3 is 195 Å². The molecule has 32 heavy (non-hydrogen) atoms. The second-order valence-electron chi connectivity index (χ2n) is 8.20. The molecule has 0 spiro atoms. The maximum absolute atomic E-state index is 12.9. The summed E-state index contributed by atoms with van der Waals surface area (Å²) in [5.74, 6) is -0.325. The monoisotopic (exact) mass is 491 g/mol. The molecule has 0 radical (unpaired) electrons. The van der Waals surface area contributed by atoms with Crippen LogP contribution in [-0.4, -0.2) is 26.6 Å². The number of anilines is 1. The molecule has 4 rings (SSSR count). The third-order valence-electron chi connectivity index (χ3n) is 5.76. The third-order valence-corrected chi connectivity index (χ3v) is 7.89. The van der Waals surface area contributed by atoms with Gasteiger partial charge in [0.2, 0.25) is 0 Å². The number of carbonyl (C=O) groups excluding carboxylic acids is 2. The molecule has 1 amide bonds. The normalized spacial score (nSPS) is 18.0. The Labute approximate surface area is 194 Å². The van der Waals surface area contributed by atoms with Crippen molar-refractivity contribution in [2.24, 2.45) is 0 Å². The average Bonchev–Trinajstić information content (AvgIpc) is 2.79. The first-order valence-electron chi connectivity index (χ1n) is 10.7. The molecule has 162 valence electrons. The topological polar surface area (TPSA) is 82.0 Å². The van der Waals surface area contributed by atoms with Crippen molar-refractivity contribution in [2.45, 2.75) is 44.3 Å². The first kappa shape index (κ1) is 22.1. The Bertz CT molecular complexity index is 1160. The zero-order valence-corrected chi connectivity index (χ0v) is 19.9. The summed E-state index contributed by atoms with van der Waals surface area (Å²) in [6, 6.07) is 18.1. The number of dihydropyridines is 1. The van der Waals surface area contributed by atoms with Crippen LogP contribution in [0, 0.1) is 25.2 Å². The van der Waals surface area contributed by atoms with Crippen LogP contribution < -0.4 is 10.6 Å². The fraction of sp³-hybridized carbons (Fsp3) is 0.269. The molecular formula is C26H25N3O2Se. The SMILES string of the molecule is Cc1ccc(NC(=O)C[Se]C2=C(C#N)C(c3ccc(C)cc3)C3=C(CCCC3=O)N2)cc1. The predicted molar refractivity (Wildman–Crippen MR) is 126 cm³/mol. The van der Waals surface area contributed by atoms with E-state index in [0.717, 1.165) is 51.1 Å². The molecule has 2 aliphatic rings. The molecule has 2 aromatic rings. The van der Waals surface area contributed by atoms with Crippen LogP contribution in [0.5, 0.6) is 0 Å². The van der Waals surface area contributed by atoms with Crippen molar-refractivity contribution in [1.29, 1.82) is 5.26 Å². The van der Waals surface area contributed by atoms with E-state index in [1.165, 1.54) is 0 Å². The van der Waals surface area contributed by atoms with Crippen LogP contribution >= 0.6 is 0 Å². The molecule has 2 aromatic carbocycles. The summed E-state index contributed by atoms with van der Waals surface area (Å²) in [6.07, 6.45) is 2.11. The molecule has 0 fully saturated rings. The maximum atomic E-state index is 12.9. The van der Waals surface area contributed by atoms with Crippen molar-refractivity contribution >= 4 is 32.3 Å². The van der Waals surface area contributed by atoms with Crippen LogP contribution in [0.25, 0.3) is 0 Å². The molecule has 0 saturated heterocycles. The fourth-order valence-corrected chi connectivity index (χ4v) is 5.91. The molecule has 6 heteroatoms. The first-order chi connectivity index (χ1) is 15.5. The van der Waals surface area contributed by atoms with Crippen molar-refractivity contribution in [3.05, 3.63) is 86.7 Å². The number of aryl methyl sites for hydroxylation is 2. The zero-order chi connectivity index (χ0) is 22.7. The van der Waals surface area contributed by atoms with Crippen molar-refractivity contribution in [3.8, 4) is 6.07 Å². The van der Waals surface area contributed by atoms with Gasteiger partial charge in [-0.05, 0) is 0 Å². The molecule has 2 N–H and O–H groups in total. The van der Waals surface area contributed by atoms with E-state index in [1.54, 1.807) is 0 Å². The number of benzene rings is 2. The molecule has 1 unspecified atom stereocenters. The summed E-state index contributed by atoms with van der Waals surface area (Å²) in [4.78, 5) is 25.4. The summed E-state index contributed by atoms with van der Waals surface area (Å²) in [7, 11) is 0. The van der Waals surface area contributed by atoms with Crippen molar-refractivity contribution in [2.75, 3.05) is 5.32 Å². The van der Waals surface area contributed by atoms with Crippen LogP contribution in [0.15, 0.2) is 70.0 Å². The van der Waals surface area contributed by atoms with E-state index in [1.807, 2.05) is 62.4 Å². The number of nitriles is 1. The minimum atomic E-state index is -0.360. The van der Waals surface area contributed by atoms with Crippen LogP contribution in [0.1, 0.15) is 41.9 Å². The first-order valence-corrected chi connectivity index (χ1v) is 12.8. The Hall–Kier alpha value is -3.13. The Morgan fingerprint density at radius 2 is 1.75 bits per heavy atom. The van der Waals surface area contributed by atoms with Gasteiger partial charge < -0.3 is 0 Å². The Balaban J connectivity index is 1.60. The number of ketones is 1. The van der Waals surface area contributed by atoms with Crippen molar-refractivity contribution < 1.29 is 9.59 Å². The van der Waals surface area contributed by atoms with Crippen molar-refractivity contribution in [1.82, 2.24) is 5.32 Å². The number of hydrogen-bond acceptors (Lipinski definition) is 4. The number of amides is 1. The minimum absolute atomic E-state index is 0.0770. The summed E-state index contributed by atoms with van der Waals surface area (Å²) >= 11 is -0.262. The van der Waals surface area contributed by atoms with Crippen LogP contribution in [-0.2, 0) is 9.59 Å². The second kappa shape index (κ2) is 9.56. The molecule has 0 bridgehead atoms. The van der Waals surface area contributed by atoms with E-state index in [4.69, 9.17) is 0 Å². The van der Waals surface area contributed by atoms with Gasteiger partial charge in [0.1, 0.15) is 0 Å². The van der Waals surface area contributed by atoms with Crippen LogP contribution in [0.3, 0.4) is 0 Å².